The number of nitrogens with one attached hydrogen (secondary N) is 1. The van der Waals surface area contributed by atoms with Crippen molar-refractivity contribution in [3.63, 3.8) is 0 Å². The Kier molecular flexibility index (Phi) is 8.79. The Bertz CT molecular complexity index is 1110. The lowest BCUT2D eigenvalue weighted by Crippen LogP contribution is -2.53. The molecule has 1 aliphatic rings. The second kappa shape index (κ2) is 12.6. The van der Waals surface area contributed by atoms with Gasteiger partial charge < -0.3 is 19.9 Å². The molecule has 36 heavy (non-hydrogen) atoms. The van der Waals surface area contributed by atoms with Crippen LogP contribution in [0, 0.1) is 0 Å². The summed E-state index contributed by atoms with van der Waals surface area (Å²) in [5, 5.41) is 4.54. The van der Waals surface area contributed by atoms with Crippen molar-refractivity contribution in [2.45, 2.75) is 0 Å². The molecule has 1 aliphatic heterocycles. The van der Waals surface area contributed by atoms with Gasteiger partial charge in [0.05, 0.1) is 37.7 Å². The third kappa shape index (κ3) is 7.24. The fraction of sp³-hybridized carbons (Fsp3) is 0.308. The van der Waals surface area contributed by atoms with E-state index < -0.39 is 0 Å². The lowest BCUT2D eigenvalue weighted by atomic mass is 10.2. The van der Waals surface area contributed by atoms with E-state index in [0.717, 1.165) is 11.3 Å². The number of ether oxygens (including phenoxy) is 1. The number of benzene rings is 2. The van der Waals surface area contributed by atoms with Crippen LogP contribution in [0.5, 0.6) is 5.75 Å². The molecular formula is C26H31N7O3. The highest BCUT2D eigenvalue weighted by atomic mass is 16.5. The van der Waals surface area contributed by atoms with E-state index in [1.807, 2.05) is 60.7 Å². The van der Waals surface area contributed by atoms with Crippen LogP contribution in [0.3, 0.4) is 0 Å². The number of aromatic nitrogens is 2. The summed E-state index contributed by atoms with van der Waals surface area (Å²) in [6.45, 7) is 2.97. The number of para-hydroxylation sites is 1. The Morgan fingerprint density at radius 1 is 0.917 bits per heavy atom. The van der Waals surface area contributed by atoms with E-state index >= 15 is 0 Å². The molecule has 1 aromatic heterocycles. The van der Waals surface area contributed by atoms with Gasteiger partial charge in [0.15, 0.2) is 0 Å². The molecule has 2 amide bonds. The summed E-state index contributed by atoms with van der Waals surface area (Å²) in [4.78, 5) is 38.2. The third-order valence-electron chi connectivity index (χ3n) is 5.80. The van der Waals surface area contributed by atoms with E-state index in [2.05, 4.69) is 15.3 Å². The summed E-state index contributed by atoms with van der Waals surface area (Å²) in [5.41, 5.74) is 1.65. The summed E-state index contributed by atoms with van der Waals surface area (Å²) in [6, 6.07) is 19.1. The van der Waals surface area contributed by atoms with Crippen molar-refractivity contribution in [1.82, 2.24) is 25.2 Å². The Hall–Kier alpha value is -4.02. The average molecular weight is 490 g/mol. The number of nitrogens with zero attached hydrogens (tertiary/aromatic N) is 5. The molecule has 0 aliphatic carbocycles. The van der Waals surface area contributed by atoms with Crippen LogP contribution in [0.2, 0.25) is 0 Å². The van der Waals surface area contributed by atoms with Gasteiger partial charge in [-0.1, -0.05) is 48.5 Å². The minimum Gasteiger partial charge on any atom is -0.492 e. The second-order valence-electron chi connectivity index (χ2n) is 8.41. The van der Waals surface area contributed by atoms with Gasteiger partial charge in [0.25, 0.3) is 0 Å². The first-order chi connectivity index (χ1) is 17.6. The molecule has 1 saturated heterocycles. The van der Waals surface area contributed by atoms with E-state index in [0.29, 0.717) is 50.8 Å². The summed E-state index contributed by atoms with van der Waals surface area (Å²) in [6.07, 6.45) is 3.25. The number of hydrazine groups is 1. The van der Waals surface area contributed by atoms with Crippen molar-refractivity contribution in [3.8, 4) is 17.0 Å². The maximum atomic E-state index is 13.0. The zero-order chi connectivity index (χ0) is 25.2. The van der Waals surface area contributed by atoms with E-state index in [1.165, 1.54) is 0 Å². The Morgan fingerprint density at radius 3 is 2.28 bits per heavy atom. The van der Waals surface area contributed by atoms with Crippen LogP contribution in [0.1, 0.15) is 0 Å². The number of anilines is 1. The molecule has 10 heteroatoms. The van der Waals surface area contributed by atoms with E-state index in [-0.39, 0.29) is 24.9 Å². The minimum atomic E-state index is -0.236. The highest BCUT2D eigenvalue weighted by molar-refractivity contribution is 5.86. The van der Waals surface area contributed by atoms with Gasteiger partial charge >= 0.3 is 0 Å². The normalized spacial score (nSPS) is 13.8. The van der Waals surface area contributed by atoms with E-state index in [1.54, 1.807) is 27.2 Å². The SMILES string of the molecule is NN1CCN(C(=O)CN(CC(=O)NCCOc2ccccc2)c2cnc(-c3ccccc3)cn2)CC1. The molecule has 3 aromatic rings. The van der Waals surface area contributed by atoms with Gasteiger partial charge in [-0.2, -0.15) is 0 Å². The van der Waals surface area contributed by atoms with E-state index in [4.69, 9.17) is 10.6 Å². The molecule has 0 radical (unpaired) electrons. The smallest absolute Gasteiger partial charge is 0.242 e. The molecule has 2 heterocycles. The minimum absolute atomic E-state index is 0.0118. The van der Waals surface area contributed by atoms with Gasteiger partial charge in [0, 0.05) is 31.7 Å². The maximum absolute atomic E-state index is 13.0. The van der Waals surface area contributed by atoms with Gasteiger partial charge in [-0.3, -0.25) is 20.4 Å². The number of nitrogens with two attached hydrogens (primary N) is 1. The molecular weight excluding hydrogens is 458 g/mol. The lowest BCUT2D eigenvalue weighted by Gasteiger charge is -2.33. The summed E-state index contributed by atoms with van der Waals surface area (Å²) in [7, 11) is 0. The molecule has 0 unspecified atom stereocenters. The zero-order valence-electron chi connectivity index (χ0n) is 20.1. The summed E-state index contributed by atoms with van der Waals surface area (Å²) < 4.78 is 5.63. The van der Waals surface area contributed by atoms with Crippen LogP contribution in [-0.4, -0.2) is 84.1 Å². The van der Waals surface area contributed by atoms with Crippen molar-refractivity contribution in [2.24, 2.45) is 5.84 Å². The third-order valence-corrected chi connectivity index (χ3v) is 5.80. The molecule has 0 bridgehead atoms. The number of carbonyl (C=O) groups is 2. The fourth-order valence-electron chi connectivity index (χ4n) is 3.80. The molecule has 4 rings (SSSR count). The van der Waals surface area contributed by atoms with Crippen LogP contribution >= 0.6 is 0 Å². The van der Waals surface area contributed by atoms with Gasteiger partial charge in [-0.25, -0.2) is 9.99 Å². The number of carbonyl (C=O) groups excluding carboxylic acids is 2. The number of hydrogen-bond acceptors (Lipinski definition) is 8. The highest BCUT2D eigenvalue weighted by Gasteiger charge is 2.23. The number of rotatable bonds is 10. The standard InChI is InChI=1S/C26H31N7O3/c27-33-14-12-31(13-15-33)26(35)20-32(19-25(34)28-11-16-36-22-9-5-2-6-10-22)24-18-29-23(17-30-24)21-7-3-1-4-8-21/h1-10,17-18H,11-16,19-20,27H2,(H,28,34). The average Bonchev–Trinajstić information content (AvgIpc) is 2.92. The molecule has 0 spiro atoms. The van der Waals surface area contributed by atoms with Crippen LogP contribution < -0.4 is 20.8 Å². The number of piperazine rings is 1. The lowest BCUT2D eigenvalue weighted by molar-refractivity contribution is -0.131. The predicted molar refractivity (Wildman–Crippen MR) is 137 cm³/mol. The molecule has 10 nitrogen and oxygen atoms in total. The fourth-order valence-corrected chi connectivity index (χ4v) is 3.80. The molecule has 188 valence electrons. The zero-order valence-corrected chi connectivity index (χ0v) is 20.1. The Morgan fingerprint density at radius 2 is 1.61 bits per heavy atom. The van der Waals surface area contributed by atoms with Crippen LogP contribution in [0.15, 0.2) is 73.1 Å². The monoisotopic (exact) mass is 489 g/mol. The second-order valence-corrected chi connectivity index (χ2v) is 8.41. The van der Waals surface area contributed by atoms with Crippen molar-refractivity contribution in [3.05, 3.63) is 73.1 Å². The van der Waals surface area contributed by atoms with Crippen molar-refractivity contribution in [1.29, 1.82) is 0 Å². The Labute approximate surface area is 210 Å². The largest absolute Gasteiger partial charge is 0.492 e. The molecule has 3 N–H and O–H groups in total. The van der Waals surface area contributed by atoms with Crippen molar-refractivity contribution >= 4 is 17.6 Å². The predicted octanol–water partition coefficient (Wildman–Crippen LogP) is 1.16. The quantitative estimate of drug-likeness (QED) is 0.322. The van der Waals surface area contributed by atoms with Gasteiger partial charge in [0.2, 0.25) is 11.8 Å². The summed E-state index contributed by atoms with van der Waals surface area (Å²) >= 11 is 0. The van der Waals surface area contributed by atoms with Crippen molar-refractivity contribution < 1.29 is 14.3 Å². The van der Waals surface area contributed by atoms with Gasteiger partial charge in [0.1, 0.15) is 18.2 Å². The van der Waals surface area contributed by atoms with Gasteiger partial charge in [-0.15, -0.1) is 0 Å². The van der Waals surface area contributed by atoms with Crippen LogP contribution in [0.4, 0.5) is 5.82 Å². The van der Waals surface area contributed by atoms with Crippen molar-refractivity contribution in [2.75, 3.05) is 57.3 Å². The first-order valence-electron chi connectivity index (χ1n) is 11.9. The molecule has 0 atom stereocenters. The first-order valence-corrected chi connectivity index (χ1v) is 11.9. The summed E-state index contributed by atoms with van der Waals surface area (Å²) in [5.74, 6) is 6.69. The topological polar surface area (TPSA) is 117 Å². The first kappa shape index (κ1) is 25.1. The van der Waals surface area contributed by atoms with Gasteiger partial charge in [-0.05, 0) is 12.1 Å². The van der Waals surface area contributed by atoms with E-state index in [9.17, 15) is 9.59 Å². The Balaban J connectivity index is 1.38. The van der Waals surface area contributed by atoms with Crippen LogP contribution in [0.25, 0.3) is 11.3 Å². The number of hydrogen-bond donors (Lipinski definition) is 2. The maximum Gasteiger partial charge on any atom is 0.242 e. The molecule has 2 aromatic carbocycles. The number of amides is 2. The van der Waals surface area contributed by atoms with Crippen LogP contribution in [-0.2, 0) is 9.59 Å². The highest BCUT2D eigenvalue weighted by Crippen LogP contribution is 2.18. The molecule has 0 saturated carbocycles. The molecule has 1 fully saturated rings.